The van der Waals surface area contributed by atoms with E-state index in [1.165, 1.54) is 11.1 Å². The third-order valence-corrected chi connectivity index (χ3v) is 3.66. The second-order valence-electron chi connectivity index (χ2n) is 4.86. The predicted octanol–water partition coefficient (Wildman–Crippen LogP) is 2.04. The molecule has 1 aliphatic rings. The van der Waals surface area contributed by atoms with E-state index in [1.807, 2.05) is 28.8 Å². The third kappa shape index (κ3) is 1.72. The maximum Gasteiger partial charge on any atom is 0.168 e. The molecule has 0 saturated heterocycles. The van der Waals surface area contributed by atoms with E-state index in [4.69, 9.17) is 0 Å². The first-order valence-corrected chi connectivity index (χ1v) is 6.54. The minimum atomic E-state index is 0.883. The zero-order chi connectivity index (χ0) is 12.7. The topological polar surface area (TPSA) is 42.2 Å². The summed E-state index contributed by atoms with van der Waals surface area (Å²) < 4.78 is 2.03. The third-order valence-electron chi connectivity index (χ3n) is 3.66. The van der Waals surface area contributed by atoms with E-state index in [1.54, 1.807) is 0 Å². The summed E-state index contributed by atoms with van der Waals surface area (Å²) in [6.45, 7) is 2.01. The van der Waals surface area contributed by atoms with E-state index in [0.717, 1.165) is 36.5 Å². The molecule has 1 aliphatic heterocycles. The summed E-state index contributed by atoms with van der Waals surface area (Å²) in [5, 5.41) is 11.9. The quantitative estimate of drug-likeness (QED) is 0.718. The molecule has 1 aromatic carbocycles. The van der Waals surface area contributed by atoms with Gasteiger partial charge in [-0.15, -0.1) is 10.2 Å². The molecule has 3 heterocycles. The van der Waals surface area contributed by atoms with Gasteiger partial charge < -0.3 is 5.32 Å². The summed E-state index contributed by atoms with van der Waals surface area (Å²) in [4.78, 5) is 0. The van der Waals surface area contributed by atoms with E-state index in [0.29, 0.717) is 0 Å². The standard InChI is InChI=1S/C15H14N4/c1-2-8-19-14(3-1)17-18-15(19)12-5-4-11-6-7-16-10-13(11)9-12/h1-5,8-9,16H,6-7,10H2. The van der Waals surface area contributed by atoms with Gasteiger partial charge in [0.25, 0.3) is 0 Å². The molecular formula is C15H14N4. The number of hydrogen-bond acceptors (Lipinski definition) is 3. The highest BCUT2D eigenvalue weighted by Gasteiger charge is 2.12. The van der Waals surface area contributed by atoms with Gasteiger partial charge in [0.05, 0.1) is 0 Å². The number of benzene rings is 1. The number of rotatable bonds is 1. The first-order chi connectivity index (χ1) is 9.42. The van der Waals surface area contributed by atoms with Crippen molar-refractivity contribution < 1.29 is 0 Å². The Labute approximate surface area is 111 Å². The fraction of sp³-hybridized carbons (Fsp3) is 0.200. The van der Waals surface area contributed by atoms with Gasteiger partial charge in [-0.1, -0.05) is 18.2 Å². The number of nitrogens with zero attached hydrogens (tertiary/aromatic N) is 3. The molecule has 0 amide bonds. The van der Waals surface area contributed by atoms with Gasteiger partial charge >= 0.3 is 0 Å². The smallest absolute Gasteiger partial charge is 0.168 e. The summed E-state index contributed by atoms with van der Waals surface area (Å²) >= 11 is 0. The lowest BCUT2D eigenvalue weighted by Crippen LogP contribution is -2.23. The van der Waals surface area contributed by atoms with Gasteiger partial charge in [-0.05, 0) is 42.3 Å². The fourth-order valence-electron chi connectivity index (χ4n) is 2.66. The Morgan fingerprint density at radius 3 is 3.05 bits per heavy atom. The largest absolute Gasteiger partial charge is 0.312 e. The molecule has 0 saturated carbocycles. The highest BCUT2D eigenvalue weighted by atomic mass is 15.2. The molecule has 2 aromatic heterocycles. The van der Waals surface area contributed by atoms with Crippen molar-refractivity contribution in [2.24, 2.45) is 0 Å². The molecule has 0 radical (unpaired) electrons. The second kappa shape index (κ2) is 4.17. The maximum atomic E-state index is 4.31. The Morgan fingerprint density at radius 1 is 1.05 bits per heavy atom. The monoisotopic (exact) mass is 250 g/mol. The Morgan fingerprint density at radius 2 is 2.05 bits per heavy atom. The SMILES string of the molecule is c1ccn2c(-c3ccc4c(c3)CNCC4)nnc2c1. The van der Waals surface area contributed by atoms with E-state index in [2.05, 4.69) is 33.7 Å². The fourth-order valence-corrected chi connectivity index (χ4v) is 2.66. The van der Waals surface area contributed by atoms with Crippen LogP contribution in [0, 0.1) is 0 Å². The average Bonchev–Trinajstić information content (AvgIpc) is 2.91. The van der Waals surface area contributed by atoms with E-state index in [-0.39, 0.29) is 0 Å². The molecule has 0 atom stereocenters. The van der Waals surface area contributed by atoms with Crippen LogP contribution < -0.4 is 5.32 Å². The van der Waals surface area contributed by atoms with Crippen LogP contribution >= 0.6 is 0 Å². The van der Waals surface area contributed by atoms with Crippen molar-refractivity contribution in [2.45, 2.75) is 13.0 Å². The molecule has 94 valence electrons. The van der Waals surface area contributed by atoms with E-state index >= 15 is 0 Å². The molecule has 4 heteroatoms. The van der Waals surface area contributed by atoms with Crippen LogP contribution in [0.2, 0.25) is 0 Å². The van der Waals surface area contributed by atoms with Crippen LogP contribution in [-0.4, -0.2) is 21.1 Å². The van der Waals surface area contributed by atoms with Crippen LogP contribution in [0.25, 0.3) is 17.0 Å². The molecule has 0 spiro atoms. The molecule has 3 aromatic rings. The number of nitrogens with one attached hydrogen (secondary N) is 1. The zero-order valence-corrected chi connectivity index (χ0v) is 10.5. The van der Waals surface area contributed by atoms with Gasteiger partial charge in [-0.3, -0.25) is 4.40 Å². The summed E-state index contributed by atoms with van der Waals surface area (Å²) in [7, 11) is 0. The first kappa shape index (κ1) is 10.7. The van der Waals surface area contributed by atoms with Gasteiger partial charge in [0.1, 0.15) is 0 Å². The van der Waals surface area contributed by atoms with Crippen LogP contribution in [-0.2, 0) is 13.0 Å². The zero-order valence-electron chi connectivity index (χ0n) is 10.5. The lowest BCUT2D eigenvalue weighted by atomic mass is 9.98. The number of pyridine rings is 1. The number of fused-ring (bicyclic) bond motifs is 2. The molecule has 0 unspecified atom stereocenters. The Kier molecular flexibility index (Phi) is 2.35. The van der Waals surface area contributed by atoms with Crippen molar-refractivity contribution >= 4 is 5.65 Å². The average molecular weight is 250 g/mol. The van der Waals surface area contributed by atoms with Crippen molar-refractivity contribution in [3.8, 4) is 11.4 Å². The van der Waals surface area contributed by atoms with Gasteiger partial charge in [0.2, 0.25) is 0 Å². The lowest BCUT2D eigenvalue weighted by Gasteiger charge is -2.17. The molecular weight excluding hydrogens is 236 g/mol. The predicted molar refractivity (Wildman–Crippen MR) is 73.8 cm³/mol. The van der Waals surface area contributed by atoms with Crippen molar-refractivity contribution in [1.82, 2.24) is 19.9 Å². The van der Waals surface area contributed by atoms with Crippen molar-refractivity contribution in [2.75, 3.05) is 6.54 Å². The lowest BCUT2D eigenvalue weighted by molar-refractivity contribution is 0.644. The van der Waals surface area contributed by atoms with E-state index in [9.17, 15) is 0 Å². The van der Waals surface area contributed by atoms with Crippen LogP contribution in [0.3, 0.4) is 0 Å². The Bertz CT molecular complexity index is 745. The van der Waals surface area contributed by atoms with E-state index < -0.39 is 0 Å². The molecule has 1 N–H and O–H groups in total. The van der Waals surface area contributed by atoms with Gasteiger partial charge in [-0.2, -0.15) is 0 Å². The summed E-state index contributed by atoms with van der Waals surface area (Å²) in [6.07, 6.45) is 3.11. The Balaban J connectivity index is 1.88. The minimum absolute atomic E-state index is 0.883. The molecule has 0 fully saturated rings. The first-order valence-electron chi connectivity index (χ1n) is 6.54. The highest BCUT2D eigenvalue weighted by Crippen LogP contribution is 2.23. The van der Waals surface area contributed by atoms with Crippen molar-refractivity contribution in [3.63, 3.8) is 0 Å². The summed E-state index contributed by atoms with van der Waals surface area (Å²) in [5.41, 5.74) is 4.82. The summed E-state index contributed by atoms with van der Waals surface area (Å²) in [6, 6.07) is 12.5. The molecule has 0 bridgehead atoms. The number of aromatic nitrogens is 3. The van der Waals surface area contributed by atoms with Crippen molar-refractivity contribution in [3.05, 3.63) is 53.7 Å². The van der Waals surface area contributed by atoms with Crippen LogP contribution in [0.4, 0.5) is 0 Å². The Hall–Kier alpha value is -2.20. The minimum Gasteiger partial charge on any atom is -0.312 e. The van der Waals surface area contributed by atoms with Gasteiger partial charge in [0.15, 0.2) is 11.5 Å². The van der Waals surface area contributed by atoms with Crippen LogP contribution in [0.15, 0.2) is 42.6 Å². The molecule has 4 nitrogen and oxygen atoms in total. The maximum absolute atomic E-state index is 4.31. The van der Waals surface area contributed by atoms with Crippen LogP contribution in [0.1, 0.15) is 11.1 Å². The molecule has 0 aliphatic carbocycles. The second-order valence-corrected chi connectivity index (χ2v) is 4.86. The van der Waals surface area contributed by atoms with Gasteiger partial charge in [-0.25, -0.2) is 0 Å². The molecule has 19 heavy (non-hydrogen) atoms. The normalized spacial score (nSPS) is 14.5. The highest BCUT2D eigenvalue weighted by molar-refractivity contribution is 5.61. The molecule has 4 rings (SSSR count). The van der Waals surface area contributed by atoms with Gasteiger partial charge in [0, 0.05) is 18.3 Å². The summed E-state index contributed by atoms with van der Waals surface area (Å²) in [5.74, 6) is 0.906. The number of hydrogen-bond donors (Lipinski definition) is 1. The van der Waals surface area contributed by atoms with Crippen LogP contribution in [0.5, 0.6) is 0 Å². The van der Waals surface area contributed by atoms with Crippen molar-refractivity contribution in [1.29, 1.82) is 0 Å².